The molecule has 0 saturated heterocycles. The molecule has 1 rings (SSSR count). The first-order chi connectivity index (χ1) is 9.58. The molecule has 0 aliphatic rings. The van der Waals surface area contributed by atoms with Crippen LogP contribution in [-0.4, -0.2) is 25.7 Å². The van der Waals surface area contributed by atoms with Crippen LogP contribution in [-0.2, 0) is 9.53 Å². The lowest BCUT2D eigenvalue weighted by atomic mass is 10.1. The molecule has 1 aromatic carbocycles. The van der Waals surface area contributed by atoms with Crippen LogP contribution in [0.4, 0.5) is 0 Å². The maximum Gasteiger partial charge on any atom is 0.327 e. The Morgan fingerprint density at radius 2 is 1.80 bits per heavy atom. The van der Waals surface area contributed by atoms with Crippen molar-refractivity contribution in [1.29, 1.82) is 0 Å². The summed E-state index contributed by atoms with van der Waals surface area (Å²) in [5.41, 5.74) is 0.896. The van der Waals surface area contributed by atoms with Gasteiger partial charge in [-0.15, -0.1) is 0 Å². The third-order valence-electron chi connectivity index (χ3n) is 2.78. The standard InChI is InChI=1S/C16H25NO3/c1-5-19-14-9-7-13(8-10-14)15(16(18)20-6-2)17-11-12(3)4/h7-10,12,15,17H,5-6,11H2,1-4H3. The lowest BCUT2D eigenvalue weighted by Gasteiger charge is -2.19. The van der Waals surface area contributed by atoms with Gasteiger partial charge in [0, 0.05) is 0 Å². The molecular weight excluding hydrogens is 254 g/mol. The molecule has 0 aliphatic heterocycles. The first-order valence-corrected chi connectivity index (χ1v) is 7.21. The molecular formula is C16H25NO3. The Bertz CT molecular complexity index is 401. The Kier molecular flexibility index (Phi) is 7.09. The molecule has 0 spiro atoms. The summed E-state index contributed by atoms with van der Waals surface area (Å²) in [4.78, 5) is 12.1. The monoisotopic (exact) mass is 279 g/mol. The van der Waals surface area contributed by atoms with E-state index in [0.717, 1.165) is 17.9 Å². The van der Waals surface area contributed by atoms with Gasteiger partial charge in [0.2, 0.25) is 0 Å². The van der Waals surface area contributed by atoms with Crippen molar-refractivity contribution in [3.63, 3.8) is 0 Å². The Labute approximate surface area is 121 Å². The van der Waals surface area contributed by atoms with E-state index < -0.39 is 6.04 Å². The van der Waals surface area contributed by atoms with Crippen LogP contribution in [0, 0.1) is 5.92 Å². The number of rotatable bonds is 8. The van der Waals surface area contributed by atoms with Gasteiger partial charge >= 0.3 is 5.97 Å². The highest BCUT2D eigenvalue weighted by molar-refractivity contribution is 5.77. The number of esters is 1. The second-order valence-electron chi connectivity index (χ2n) is 4.99. The van der Waals surface area contributed by atoms with Gasteiger partial charge in [0.15, 0.2) is 0 Å². The van der Waals surface area contributed by atoms with Crippen molar-refractivity contribution in [3.8, 4) is 5.75 Å². The maximum absolute atomic E-state index is 12.1. The van der Waals surface area contributed by atoms with E-state index in [9.17, 15) is 4.79 Å². The summed E-state index contributed by atoms with van der Waals surface area (Å²) < 4.78 is 10.5. The van der Waals surface area contributed by atoms with E-state index in [-0.39, 0.29) is 5.97 Å². The molecule has 0 aromatic heterocycles. The third kappa shape index (κ3) is 5.21. The summed E-state index contributed by atoms with van der Waals surface area (Å²) in [6, 6.07) is 7.14. The van der Waals surface area contributed by atoms with Crippen LogP contribution in [0.5, 0.6) is 5.75 Å². The van der Waals surface area contributed by atoms with Gasteiger partial charge in [0.25, 0.3) is 0 Å². The average molecular weight is 279 g/mol. The van der Waals surface area contributed by atoms with E-state index in [1.165, 1.54) is 0 Å². The van der Waals surface area contributed by atoms with Crippen LogP contribution >= 0.6 is 0 Å². The molecule has 0 saturated carbocycles. The summed E-state index contributed by atoms with van der Waals surface area (Å²) >= 11 is 0. The van der Waals surface area contributed by atoms with E-state index in [0.29, 0.717) is 19.1 Å². The highest BCUT2D eigenvalue weighted by Gasteiger charge is 2.21. The maximum atomic E-state index is 12.1. The second-order valence-corrected chi connectivity index (χ2v) is 4.99. The molecule has 1 aromatic rings. The Morgan fingerprint density at radius 3 is 2.30 bits per heavy atom. The lowest BCUT2D eigenvalue weighted by Crippen LogP contribution is -2.32. The number of nitrogens with one attached hydrogen (secondary N) is 1. The van der Waals surface area contributed by atoms with Gasteiger partial charge in [-0.25, -0.2) is 4.79 Å². The molecule has 0 heterocycles. The first-order valence-electron chi connectivity index (χ1n) is 7.21. The molecule has 4 heteroatoms. The number of benzene rings is 1. The van der Waals surface area contributed by atoms with Gasteiger partial charge in [-0.05, 0) is 44.0 Å². The molecule has 1 atom stereocenters. The molecule has 4 nitrogen and oxygen atoms in total. The lowest BCUT2D eigenvalue weighted by molar-refractivity contribution is -0.145. The van der Waals surface area contributed by atoms with E-state index >= 15 is 0 Å². The van der Waals surface area contributed by atoms with Gasteiger partial charge in [0.05, 0.1) is 13.2 Å². The van der Waals surface area contributed by atoms with E-state index in [1.807, 2.05) is 38.1 Å². The molecule has 20 heavy (non-hydrogen) atoms. The fourth-order valence-electron chi connectivity index (χ4n) is 1.84. The van der Waals surface area contributed by atoms with Crippen molar-refractivity contribution in [2.24, 2.45) is 5.92 Å². The number of carbonyl (C=O) groups excluding carboxylic acids is 1. The highest BCUT2D eigenvalue weighted by atomic mass is 16.5. The van der Waals surface area contributed by atoms with E-state index in [4.69, 9.17) is 9.47 Å². The van der Waals surface area contributed by atoms with E-state index in [2.05, 4.69) is 19.2 Å². The number of hydrogen-bond donors (Lipinski definition) is 1. The topological polar surface area (TPSA) is 47.6 Å². The SMILES string of the molecule is CCOC(=O)C(NCC(C)C)c1ccc(OCC)cc1. The van der Waals surface area contributed by atoms with Crippen molar-refractivity contribution in [3.05, 3.63) is 29.8 Å². The van der Waals surface area contributed by atoms with Gasteiger partial charge in [-0.1, -0.05) is 26.0 Å². The van der Waals surface area contributed by atoms with Crippen molar-refractivity contribution in [2.45, 2.75) is 33.7 Å². The van der Waals surface area contributed by atoms with Gasteiger partial charge in [-0.3, -0.25) is 0 Å². The number of hydrogen-bond acceptors (Lipinski definition) is 4. The molecule has 1 unspecified atom stereocenters. The van der Waals surface area contributed by atoms with Crippen LogP contribution in [0.1, 0.15) is 39.3 Å². The predicted molar refractivity (Wildman–Crippen MR) is 79.8 cm³/mol. The minimum Gasteiger partial charge on any atom is -0.494 e. The summed E-state index contributed by atoms with van der Waals surface area (Å²) in [6.07, 6.45) is 0. The Hall–Kier alpha value is -1.55. The quantitative estimate of drug-likeness (QED) is 0.743. The van der Waals surface area contributed by atoms with Crippen LogP contribution in [0.3, 0.4) is 0 Å². The molecule has 112 valence electrons. The Morgan fingerprint density at radius 1 is 1.15 bits per heavy atom. The molecule has 0 aliphatic carbocycles. The first kappa shape index (κ1) is 16.5. The van der Waals surface area contributed by atoms with Gasteiger partial charge in [-0.2, -0.15) is 0 Å². The van der Waals surface area contributed by atoms with Crippen LogP contribution in [0.2, 0.25) is 0 Å². The van der Waals surface area contributed by atoms with Crippen molar-refractivity contribution >= 4 is 5.97 Å². The zero-order valence-corrected chi connectivity index (χ0v) is 12.8. The smallest absolute Gasteiger partial charge is 0.327 e. The molecule has 0 bridgehead atoms. The summed E-state index contributed by atoms with van der Waals surface area (Å²) in [6.45, 7) is 9.74. The largest absolute Gasteiger partial charge is 0.494 e. The molecule has 0 radical (unpaired) electrons. The van der Waals surface area contributed by atoms with Crippen LogP contribution < -0.4 is 10.1 Å². The number of carbonyl (C=O) groups is 1. The van der Waals surface area contributed by atoms with Gasteiger partial charge in [0.1, 0.15) is 11.8 Å². The molecule has 0 amide bonds. The summed E-state index contributed by atoms with van der Waals surface area (Å²) in [5, 5.41) is 3.26. The zero-order chi connectivity index (χ0) is 15.0. The van der Waals surface area contributed by atoms with Crippen molar-refractivity contribution < 1.29 is 14.3 Å². The minimum atomic E-state index is -0.423. The summed E-state index contributed by atoms with van der Waals surface area (Å²) in [5.74, 6) is 1.04. The van der Waals surface area contributed by atoms with Gasteiger partial charge < -0.3 is 14.8 Å². The fraction of sp³-hybridized carbons (Fsp3) is 0.562. The van der Waals surface area contributed by atoms with Crippen LogP contribution in [0.25, 0.3) is 0 Å². The summed E-state index contributed by atoms with van der Waals surface area (Å²) in [7, 11) is 0. The third-order valence-corrected chi connectivity index (χ3v) is 2.78. The fourth-order valence-corrected chi connectivity index (χ4v) is 1.84. The highest BCUT2D eigenvalue weighted by Crippen LogP contribution is 2.19. The normalized spacial score (nSPS) is 12.2. The molecule has 1 N–H and O–H groups in total. The van der Waals surface area contributed by atoms with Crippen LogP contribution in [0.15, 0.2) is 24.3 Å². The Balaban J connectivity index is 2.82. The van der Waals surface area contributed by atoms with Crippen molar-refractivity contribution in [2.75, 3.05) is 19.8 Å². The predicted octanol–water partition coefficient (Wildman–Crippen LogP) is 2.94. The van der Waals surface area contributed by atoms with Crippen molar-refractivity contribution in [1.82, 2.24) is 5.32 Å². The average Bonchev–Trinajstić information content (AvgIpc) is 2.41. The number of ether oxygens (including phenoxy) is 2. The molecule has 0 fully saturated rings. The minimum absolute atomic E-state index is 0.239. The van der Waals surface area contributed by atoms with E-state index in [1.54, 1.807) is 0 Å². The zero-order valence-electron chi connectivity index (χ0n) is 12.8. The second kappa shape index (κ2) is 8.59.